The molecule has 0 aromatic carbocycles. The Morgan fingerprint density at radius 2 is 2.54 bits per heavy atom. The minimum absolute atomic E-state index is 0.0913. The second-order valence-electron chi connectivity index (χ2n) is 2.91. The average Bonchev–Trinajstić information content (AvgIpc) is 2.57. The quantitative estimate of drug-likeness (QED) is 0.730. The number of amides is 1. The summed E-state index contributed by atoms with van der Waals surface area (Å²) in [4.78, 5) is 11.3. The van der Waals surface area contributed by atoms with Gasteiger partial charge in [-0.2, -0.15) is 0 Å². The van der Waals surface area contributed by atoms with Crippen molar-refractivity contribution in [2.24, 2.45) is 0 Å². The molecule has 1 N–H and O–H groups in total. The lowest BCUT2D eigenvalue weighted by Crippen LogP contribution is -2.25. The van der Waals surface area contributed by atoms with Crippen LogP contribution in [0.2, 0.25) is 0 Å². The second-order valence-corrected chi connectivity index (χ2v) is 3.57. The standard InChI is InChI=1S/C9H14N2OS/c1-2-3-4-10-9(12)5-8-6-11-13-7-8/h6-7H,2-5H2,1H3,(H,10,12). The molecule has 1 heterocycles. The Kier molecular flexibility index (Phi) is 4.46. The normalized spacial score (nSPS) is 9.92. The summed E-state index contributed by atoms with van der Waals surface area (Å²) < 4.78 is 3.93. The molecule has 0 aliphatic rings. The first kappa shape index (κ1) is 10.2. The van der Waals surface area contributed by atoms with E-state index in [0.29, 0.717) is 6.42 Å². The Bertz CT molecular complexity index is 246. The molecular formula is C9H14N2OS. The third kappa shape index (κ3) is 4.03. The van der Waals surface area contributed by atoms with E-state index in [1.54, 1.807) is 6.20 Å². The third-order valence-corrected chi connectivity index (χ3v) is 2.34. The van der Waals surface area contributed by atoms with Crippen LogP contribution in [0.25, 0.3) is 0 Å². The number of hydrogen-bond acceptors (Lipinski definition) is 3. The molecule has 0 fully saturated rings. The van der Waals surface area contributed by atoms with Gasteiger partial charge in [0.05, 0.1) is 6.42 Å². The van der Waals surface area contributed by atoms with Crippen molar-refractivity contribution >= 4 is 17.4 Å². The van der Waals surface area contributed by atoms with Crippen LogP contribution in [0.4, 0.5) is 0 Å². The summed E-state index contributed by atoms with van der Waals surface area (Å²) in [5, 5.41) is 4.76. The van der Waals surface area contributed by atoms with E-state index in [1.165, 1.54) is 11.5 Å². The fourth-order valence-corrected chi connectivity index (χ4v) is 1.50. The minimum Gasteiger partial charge on any atom is -0.356 e. The third-order valence-electron chi connectivity index (χ3n) is 1.70. The predicted octanol–water partition coefficient (Wildman–Crippen LogP) is 1.60. The zero-order chi connectivity index (χ0) is 9.52. The largest absolute Gasteiger partial charge is 0.356 e. The molecule has 0 radical (unpaired) electrons. The number of nitrogens with one attached hydrogen (secondary N) is 1. The topological polar surface area (TPSA) is 42.0 Å². The predicted molar refractivity (Wildman–Crippen MR) is 53.7 cm³/mol. The molecule has 4 heteroatoms. The van der Waals surface area contributed by atoms with E-state index in [9.17, 15) is 4.79 Å². The molecule has 3 nitrogen and oxygen atoms in total. The molecule has 0 atom stereocenters. The van der Waals surface area contributed by atoms with Gasteiger partial charge < -0.3 is 5.32 Å². The summed E-state index contributed by atoms with van der Waals surface area (Å²) in [5.74, 6) is 0.0913. The fourth-order valence-electron chi connectivity index (χ4n) is 0.966. The fraction of sp³-hybridized carbons (Fsp3) is 0.556. The molecule has 0 unspecified atom stereocenters. The number of hydrogen-bond donors (Lipinski definition) is 1. The van der Waals surface area contributed by atoms with E-state index in [2.05, 4.69) is 16.6 Å². The Labute approximate surface area is 82.3 Å². The lowest BCUT2D eigenvalue weighted by molar-refractivity contribution is -0.120. The summed E-state index contributed by atoms with van der Waals surface area (Å²) in [5.41, 5.74) is 0.999. The minimum atomic E-state index is 0.0913. The van der Waals surface area contributed by atoms with Gasteiger partial charge in [-0.3, -0.25) is 4.79 Å². The molecule has 0 spiro atoms. The SMILES string of the molecule is CCCCNC(=O)Cc1cnsc1. The van der Waals surface area contributed by atoms with Crippen molar-refractivity contribution in [3.8, 4) is 0 Å². The molecule has 1 aromatic heterocycles. The Hall–Kier alpha value is -0.900. The first-order valence-electron chi connectivity index (χ1n) is 4.48. The van der Waals surface area contributed by atoms with E-state index in [-0.39, 0.29) is 5.91 Å². The van der Waals surface area contributed by atoms with Gasteiger partial charge in [0.2, 0.25) is 5.91 Å². The molecule has 72 valence electrons. The van der Waals surface area contributed by atoms with Crippen molar-refractivity contribution in [2.75, 3.05) is 6.54 Å². The van der Waals surface area contributed by atoms with Crippen molar-refractivity contribution in [3.63, 3.8) is 0 Å². The van der Waals surface area contributed by atoms with Crippen LogP contribution in [0, 0.1) is 0 Å². The molecule has 13 heavy (non-hydrogen) atoms. The lowest BCUT2D eigenvalue weighted by Gasteiger charge is -2.01. The zero-order valence-corrected chi connectivity index (χ0v) is 8.56. The van der Waals surface area contributed by atoms with Crippen molar-refractivity contribution in [3.05, 3.63) is 17.1 Å². The highest BCUT2D eigenvalue weighted by Gasteiger charge is 2.02. The number of nitrogens with zero attached hydrogens (tertiary/aromatic N) is 1. The zero-order valence-electron chi connectivity index (χ0n) is 7.75. The smallest absolute Gasteiger partial charge is 0.224 e. The van der Waals surface area contributed by atoms with Crippen molar-refractivity contribution in [1.82, 2.24) is 9.69 Å². The van der Waals surface area contributed by atoms with Crippen LogP contribution in [-0.2, 0) is 11.2 Å². The molecular weight excluding hydrogens is 184 g/mol. The number of rotatable bonds is 5. The number of aromatic nitrogens is 1. The van der Waals surface area contributed by atoms with Gasteiger partial charge in [-0.1, -0.05) is 13.3 Å². The molecule has 0 aliphatic heterocycles. The lowest BCUT2D eigenvalue weighted by atomic mass is 10.2. The Balaban J connectivity index is 2.18. The Morgan fingerprint density at radius 1 is 1.69 bits per heavy atom. The number of carbonyl (C=O) groups is 1. The monoisotopic (exact) mass is 198 g/mol. The van der Waals surface area contributed by atoms with Gasteiger partial charge in [0.15, 0.2) is 0 Å². The van der Waals surface area contributed by atoms with Gasteiger partial charge in [0, 0.05) is 18.1 Å². The molecule has 1 aromatic rings. The van der Waals surface area contributed by atoms with Gasteiger partial charge in [-0.15, -0.1) is 0 Å². The maximum atomic E-state index is 11.3. The van der Waals surface area contributed by atoms with Gasteiger partial charge in [0.25, 0.3) is 0 Å². The maximum absolute atomic E-state index is 11.3. The molecule has 0 saturated carbocycles. The van der Waals surface area contributed by atoms with Gasteiger partial charge in [-0.05, 0) is 23.5 Å². The molecule has 0 saturated heterocycles. The Morgan fingerprint density at radius 3 is 3.15 bits per heavy atom. The van der Waals surface area contributed by atoms with Crippen LogP contribution < -0.4 is 5.32 Å². The average molecular weight is 198 g/mol. The molecule has 1 amide bonds. The highest BCUT2D eigenvalue weighted by atomic mass is 32.1. The summed E-state index contributed by atoms with van der Waals surface area (Å²) in [7, 11) is 0. The highest BCUT2D eigenvalue weighted by molar-refractivity contribution is 7.03. The highest BCUT2D eigenvalue weighted by Crippen LogP contribution is 2.01. The van der Waals surface area contributed by atoms with Crippen LogP contribution in [0.1, 0.15) is 25.3 Å². The van der Waals surface area contributed by atoms with E-state index < -0.39 is 0 Å². The van der Waals surface area contributed by atoms with Gasteiger partial charge in [-0.25, -0.2) is 4.37 Å². The van der Waals surface area contributed by atoms with Crippen molar-refractivity contribution < 1.29 is 4.79 Å². The molecule has 0 bridgehead atoms. The summed E-state index contributed by atoms with van der Waals surface area (Å²) in [6.45, 7) is 2.89. The van der Waals surface area contributed by atoms with Crippen LogP contribution in [0.15, 0.2) is 11.6 Å². The summed E-state index contributed by atoms with van der Waals surface area (Å²) in [6.07, 6.45) is 4.36. The first-order chi connectivity index (χ1) is 6.33. The summed E-state index contributed by atoms with van der Waals surface area (Å²) in [6, 6.07) is 0. The maximum Gasteiger partial charge on any atom is 0.224 e. The van der Waals surface area contributed by atoms with Crippen LogP contribution in [-0.4, -0.2) is 16.8 Å². The van der Waals surface area contributed by atoms with E-state index >= 15 is 0 Å². The van der Waals surface area contributed by atoms with E-state index in [0.717, 1.165) is 24.9 Å². The van der Waals surface area contributed by atoms with Crippen LogP contribution in [0.3, 0.4) is 0 Å². The second kappa shape index (κ2) is 5.70. The van der Waals surface area contributed by atoms with E-state index in [1.807, 2.05) is 5.38 Å². The molecule has 0 aliphatic carbocycles. The van der Waals surface area contributed by atoms with Crippen LogP contribution in [0.5, 0.6) is 0 Å². The van der Waals surface area contributed by atoms with Crippen molar-refractivity contribution in [2.45, 2.75) is 26.2 Å². The number of carbonyl (C=O) groups excluding carboxylic acids is 1. The van der Waals surface area contributed by atoms with E-state index in [4.69, 9.17) is 0 Å². The first-order valence-corrected chi connectivity index (χ1v) is 5.31. The van der Waals surface area contributed by atoms with Crippen molar-refractivity contribution in [1.29, 1.82) is 0 Å². The molecule has 1 rings (SSSR count). The van der Waals surface area contributed by atoms with Gasteiger partial charge >= 0.3 is 0 Å². The van der Waals surface area contributed by atoms with Crippen LogP contribution >= 0.6 is 11.5 Å². The van der Waals surface area contributed by atoms with Gasteiger partial charge in [0.1, 0.15) is 0 Å². The number of unbranched alkanes of at least 4 members (excludes halogenated alkanes) is 1. The summed E-state index contributed by atoms with van der Waals surface area (Å²) >= 11 is 1.38.